The van der Waals surface area contributed by atoms with Gasteiger partial charge >= 0.3 is 8.77 Å². The molecule has 0 aliphatic heterocycles. The summed E-state index contributed by atoms with van der Waals surface area (Å²) in [5, 5.41) is 0. The van der Waals surface area contributed by atoms with Crippen LogP contribution in [0.5, 0.6) is 0 Å². The van der Waals surface area contributed by atoms with Gasteiger partial charge in [0, 0.05) is 0 Å². The average molecular weight is 182 g/mol. The third-order valence-electron chi connectivity index (χ3n) is 0.798. The van der Waals surface area contributed by atoms with Crippen molar-refractivity contribution in [2.24, 2.45) is 0 Å². The van der Waals surface area contributed by atoms with E-state index in [9.17, 15) is 8.39 Å². The zero-order valence-corrected chi connectivity index (χ0v) is 6.98. The summed E-state index contributed by atoms with van der Waals surface area (Å²) in [5.74, 6) is 2.22. The molecule has 0 saturated carbocycles. The molecule has 11 heavy (non-hydrogen) atoms. The van der Waals surface area contributed by atoms with Crippen LogP contribution in [0.3, 0.4) is 0 Å². The molecule has 64 valence electrons. The second-order valence-corrected chi connectivity index (χ2v) is 2.45. The Labute approximate surface area is 66.0 Å². The highest BCUT2D eigenvalue weighted by molar-refractivity contribution is 7.40. The van der Waals surface area contributed by atoms with Crippen molar-refractivity contribution in [3.05, 3.63) is 0 Å². The molecule has 0 radical (unpaired) electrons. The fourth-order valence-corrected chi connectivity index (χ4v) is 0.783. The van der Waals surface area contributed by atoms with E-state index in [-0.39, 0.29) is 13.2 Å². The van der Waals surface area contributed by atoms with Crippen LogP contribution >= 0.6 is 8.77 Å². The summed E-state index contributed by atoms with van der Waals surface area (Å²) in [7, 11) is -3.29. The lowest BCUT2D eigenvalue weighted by atomic mass is 10.4. The second-order valence-electron chi connectivity index (χ2n) is 1.84. The first-order valence-corrected chi connectivity index (χ1v) is 4.00. The van der Waals surface area contributed by atoms with Gasteiger partial charge in [0.05, 0.1) is 12.7 Å². The van der Waals surface area contributed by atoms with Crippen molar-refractivity contribution in [3.8, 4) is 12.3 Å². The molecule has 5 heteroatoms. The van der Waals surface area contributed by atoms with Crippen LogP contribution < -0.4 is 0 Å². The van der Waals surface area contributed by atoms with Crippen molar-refractivity contribution >= 4 is 8.77 Å². The molecular formula is C6H9F2O2P. The minimum atomic E-state index is -3.29. The Balaban J connectivity index is 3.24. The van der Waals surface area contributed by atoms with Gasteiger partial charge in [0.2, 0.25) is 0 Å². The molecule has 0 aromatic rings. The van der Waals surface area contributed by atoms with Gasteiger partial charge in [-0.05, 0) is 6.92 Å². The third-order valence-corrected chi connectivity index (χ3v) is 1.32. The van der Waals surface area contributed by atoms with E-state index in [0.717, 1.165) is 0 Å². The third kappa shape index (κ3) is 7.67. The molecule has 0 spiro atoms. The summed E-state index contributed by atoms with van der Waals surface area (Å²) in [6.45, 7) is 1.74. The van der Waals surface area contributed by atoms with Crippen LogP contribution in [-0.4, -0.2) is 19.3 Å². The van der Waals surface area contributed by atoms with E-state index in [1.807, 2.05) is 0 Å². The molecule has 0 saturated heterocycles. The molecule has 0 aliphatic rings. The minimum absolute atomic E-state index is 0.108. The van der Waals surface area contributed by atoms with Crippen LogP contribution in [0.4, 0.5) is 8.39 Å². The fourth-order valence-electron chi connectivity index (χ4n) is 0.450. The van der Waals surface area contributed by atoms with Crippen molar-refractivity contribution in [2.45, 2.75) is 13.0 Å². The quantitative estimate of drug-likeness (QED) is 0.368. The Morgan fingerprint density at radius 1 is 1.64 bits per heavy atom. The van der Waals surface area contributed by atoms with Crippen molar-refractivity contribution in [3.63, 3.8) is 0 Å². The summed E-state index contributed by atoms with van der Waals surface area (Å²) in [4.78, 5) is 0. The highest BCUT2D eigenvalue weighted by Gasteiger charge is 2.11. The predicted octanol–water partition coefficient (Wildman–Crippen LogP) is 2.21. The summed E-state index contributed by atoms with van der Waals surface area (Å²) in [6.07, 6.45) is 4.26. The molecule has 0 fully saturated rings. The summed E-state index contributed by atoms with van der Waals surface area (Å²) in [6, 6.07) is 0. The Bertz CT molecular complexity index is 135. The Morgan fingerprint density at radius 2 is 2.27 bits per heavy atom. The van der Waals surface area contributed by atoms with Gasteiger partial charge in [0.1, 0.15) is 6.61 Å². The maximum atomic E-state index is 11.5. The van der Waals surface area contributed by atoms with E-state index in [1.54, 1.807) is 0 Å². The van der Waals surface area contributed by atoms with Crippen LogP contribution in [0, 0.1) is 12.3 Å². The number of terminal acetylenes is 1. The first-order valence-electron chi connectivity index (χ1n) is 2.96. The molecule has 0 bridgehead atoms. The zero-order valence-electron chi connectivity index (χ0n) is 6.09. The molecule has 0 rings (SSSR count). The van der Waals surface area contributed by atoms with Crippen LogP contribution in [-0.2, 0) is 9.26 Å². The van der Waals surface area contributed by atoms with Gasteiger partial charge in [-0.2, -0.15) is 8.39 Å². The van der Waals surface area contributed by atoms with Crippen molar-refractivity contribution < 1.29 is 17.7 Å². The van der Waals surface area contributed by atoms with Crippen LogP contribution in [0.15, 0.2) is 0 Å². The standard InChI is InChI=1S/C6H9F2O2P/c1-3-4-9-5-6(2)10-11(7)8/h1,6H,4-5H2,2H3. The number of hydrogen-bond acceptors (Lipinski definition) is 2. The van der Waals surface area contributed by atoms with Crippen LogP contribution in [0.1, 0.15) is 6.92 Å². The maximum Gasteiger partial charge on any atom is 0.415 e. The van der Waals surface area contributed by atoms with E-state index in [4.69, 9.17) is 11.2 Å². The molecule has 0 aromatic carbocycles. The van der Waals surface area contributed by atoms with Crippen molar-refractivity contribution in [1.29, 1.82) is 0 Å². The Morgan fingerprint density at radius 3 is 2.73 bits per heavy atom. The van der Waals surface area contributed by atoms with E-state index in [0.29, 0.717) is 0 Å². The van der Waals surface area contributed by atoms with Gasteiger partial charge in [0.15, 0.2) is 0 Å². The van der Waals surface area contributed by atoms with Crippen molar-refractivity contribution in [1.82, 2.24) is 0 Å². The normalized spacial score (nSPS) is 13.0. The Hall–Kier alpha value is -0.230. The van der Waals surface area contributed by atoms with E-state index < -0.39 is 14.9 Å². The lowest BCUT2D eigenvalue weighted by Gasteiger charge is -2.09. The zero-order chi connectivity index (χ0) is 8.69. The number of hydrogen-bond donors (Lipinski definition) is 0. The molecule has 1 unspecified atom stereocenters. The number of halogens is 2. The lowest BCUT2D eigenvalue weighted by molar-refractivity contribution is 0.0759. The lowest BCUT2D eigenvalue weighted by Crippen LogP contribution is -2.12. The smallest absolute Gasteiger partial charge is 0.366 e. The first-order chi connectivity index (χ1) is 5.16. The van der Waals surface area contributed by atoms with E-state index in [2.05, 4.69) is 10.4 Å². The number of rotatable bonds is 5. The van der Waals surface area contributed by atoms with Gasteiger partial charge in [-0.25, -0.2) is 0 Å². The van der Waals surface area contributed by atoms with Gasteiger partial charge in [-0.3, -0.25) is 0 Å². The SMILES string of the molecule is C#CCOCC(C)OP(F)F. The predicted molar refractivity (Wildman–Crippen MR) is 39.3 cm³/mol. The summed E-state index contributed by atoms with van der Waals surface area (Å²) in [5.41, 5.74) is 0. The molecule has 1 atom stereocenters. The largest absolute Gasteiger partial charge is 0.415 e. The molecule has 0 N–H and O–H groups in total. The van der Waals surface area contributed by atoms with E-state index in [1.165, 1.54) is 6.92 Å². The Kier molecular flexibility index (Phi) is 6.34. The maximum absolute atomic E-state index is 11.5. The molecule has 0 amide bonds. The van der Waals surface area contributed by atoms with Gasteiger partial charge < -0.3 is 9.26 Å². The molecule has 0 aromatic heterocycles. The van der Waals surface area contributed by atoms with Crippen LogP contribution in [0.2, 0.25) is 0 Å². The molecular weight excluding hydrogens is 173 g/mol. The van der Waals surface area contributed by atoms with Gasteiger partial charge in [-0.15, -0.1) is 6.42 Å². The van der Waals surface area contributed by atoms with E-state index >= 15 is 0 Å². The average Bonchev–Trinajstić information content (AvgIpc) is 1.86. The molecule has 2 nitrogen and oxygen atoms in total. The highest BCUT2D eigenvalue weighted by atomic mass is 31.2. The minimum Gasteiger partial charge on any atom is -0.366 e. The second kappa shape index (κ2) is 6.48. The topological polar surface area (TPSA) is 18.5 Å². The monoisotopic (exact) mass is 182 g/mol. The first kappa shape index (κ1) is 10.8. The van der Waals surface area contributed by atoms with Gasteiger partial charge in [0.25, 0.3) is 0 Å². The van der Waals surface area contributed by atoms with Gasteiger partial charge in [-0.1, -0.05) is 5.92 Å². The summed E-state index contributed by atoms with van der Waals surface area (Å²) >= 11 is 0. The highest BCUT2D eigenvalue weighted by Crippen LogP contribution is 2.41. The van der Waals surface area contributed by atoms with Crippen LogP contribution in [0.25, 0.3) is 0 Å². The fraction of sp³-hybridized carbons (Fsp3) is 0.667. The van der Waals surface area contributed by atoms with Crippen molar-refractivity contribution in [2.75, 3.05) is 13.2 Å². The molecule has 0 heterocycles. The molecule has 0 aliphatic carbocycles. The number of ether oxygens (including phenoxy) is 1. The summed E-state index contributed by atoms with van der Waals surface area (Å²) < 4.78 is 32.0.